The Morgan fingerprint density at radius 2 is 1.56 bits per heavy atom. The van der Waals surface area contributed by atoms with E-state index < -0.39 is 0 Å². The van der Waals surface area contributed by atoms with Crippen molar-refractivity contribution in [1.29, 1.82) is 0 Å². The number of aromatic nitrogens is 1. The van der Waals surface area contributed by atoms with Crippen molar-refractivity contribution >= 4 is 49.1 Å². The maximum Gasteiger partial charge on any atom is 0.280 e. The van der Waals surface area contributed by atoms with Crippen molar-refractivity contribution in [3.05, 3.63) is 97.2 Å². The molecule has 5 nitrogen and oxygen atoms in total. The summed E-state index contributed by atoms with van der Waals surface area (Å²) < 4.78 is 0.569. The average molecular weight is 574 g/mol. The smallest absolute Gasteiger partial charge is 0.280 e. The molecule has 1 aromatic heterocycles. The van der Waals surface area contributed by atoms with E-state index in [-0.39, 0.29) is 27.8 Å². The second kappa shape index (κ2) is 9.85. The lowest BCUT2D eigenvalue weighted by molar-refractivity contribution is 0.0952. The summed E-state index contributed by atoms with van der Waals surface area (Å²) in [5.41, 5.74) is 3.08. The first-order valence-corrected chi connectivity index (χ1v) is 12.2. The maximum absolute atomic E-state index is 12.8. The number of benzene rings is 3. The lowest BCUT2D eigenvalue weighted by Crippen LogP contribution is -2.28. The number of halogens is 2. The van der Waals surface area contributed by atoms with E-state index in [2.05, 4.69) is 66.4 Å². The predicted octanol–water partition coefficient (Wildman–Crippen LogP) is 6.31. The molecular formula is C24H18Br2N2O3S. The third-order valence-electron chi connectivity index (χ3n) is 5.01. The SMILES string of the molecule is O=C(NCC(c1ccccc1)c1ccccc1)c1nc(-c2cc(Br)c(O)c(Br)c2O)cs1. The Morgan fingerprint density at radius 1 is 0.969 bits per heavy atom. The molecule has 4 rings (SSSR count). The van der Waals surface area contributed by atoms with E-state index in [1.807, 2.05) is 36.4 Å². The monoisotopic (exact) mass is 572 g/mol. The Hall–Kier alpha value is -2.68. The van der Waals surface area contributed by atoms with Gasteiger partial charge in [-0.05, 0) is 49.1 Å². The van der Waals surface area contributed by atoms with Gasteiger partial charge in [0.2, 0.25) is 0 Å². The van der Waals surface area contributed by atoms with Crippen LogP contribution in [0.15, 0.2) is 81.1 Å². The predicted molar refractivity (Wildman–Crippen MR) is 133 cm³/mol. The van der Waals surface area contributed by atoms with Gasteiger partial charge in [0.25, 0.3) is 5.91 Å². The summed E-state index contributed by atoms with van der Waals surface area (Å²) in [5.74, 6) is -0.521. The molecule has 3 aromatic carbocycles. The quantitative estimate of drug-likeness (QED) is 0.252. The Bertz CT molecular complexity index is 1210. The molecule has 0 radical (unpaired) electrons. The second-order valence-corrected chi connectivity index (χ2v) is 9.54. The zero-order chi connectivity index (χ0) is 22.7. The molecule has 0 aliphatic carbocycles. The first-order valence-electron chi connectivity index (χ1n) is 9.69. The number of carbonyl (C=O) groups is 1. The van der Waals surface area contributed by atoms with Crippen LogP contribution in [-0.2, 0) is 0 Å². The molecule has 1 amide bonds. The van der Waals surface area contributed by atoms with Gasteiger partial charge in [-0.3, -0.25) is 4.79 Å². The highest BCUT2D eigenvalue weighted by molar-refractivity contribution is 9.11. The van der Waals surface area contributed by atoms with Gasteiger partial charge < -0.3 is 15.5 Å². The van der Waals surface area contributed by atoms with Crippen LogP contribution < -0.4 is 5.32 Å². The molecule has 32 heavy (non-hydrogen) atoms. The molecule has 8 heteroatoms. The van der Waals surface area contributed by atoms with Gasteiger partial charge in [0, 0.05) is 23.4 Å². The van der Waals surface area contributed by atoms with Crippen LogP contribution in [0.4, 0.5) is 0 Å². The van der Waals surface area contributed by atoms with Crippen molar-refractivity contribution < 1.29 is 15.0 Å². The van der Waals surface area contributed by atoms with Crippen LogP contribution in [0.2, 0.25) is 0 Å². The van der Waals surface area contributed by atoms with Crippen LogP contribution in [0.3, 0.4) is 0 Å². The van der Waals surface area contributed by atoms with E-state index in [4.69, 9.17) is 0 Å². The van der Waals surface area contributed by atoms with Crippen molar-refractivity contribution in [2.75, 3.05) is 6.54 Å². The molecule has 0 spiro atoms. The first kappa shape index (κ1) is 22.5. The van der Waals surface area contributed by atoms with Crippen LogP contribution in [0, 0.1) is 0 Å². The van der Waals surface area contributed by atoms with E-state index in [0.29, 0.717) is 27.3 Å². The van der Waals surface area contributed by atoms with Crippen LogP contribution in [-0.4, -0.2) is 27.6 Å². The van der Waals surface area contributed by atoms with E-state index in [1.54, 1.807) is 11.4 Å². The molecule has 0 aliphatic rings. The van der Waals surface area contributed by atoms with Gasteiger partial charge >= 0.3 is 0 Å². The Morgan fingerprint density at radius 3 is 2.16 bits per heavy atom. The van der Waals surface area contributed by atoms with Gasteiger partial charge in [-0.1, -0.05) is 60.7 Å². The number of nitrogens with zero attached hydrogens (tertiary/aromatic N) is 1. The topological polar surface area (TPSA) is 82.5 Å². The largest absolute Gasteiger partial charge is 0.506 e. The second-order valence-electron chi connectivity index (χ2n) is 7.04. The lowest BCUT2D eigenvalue weighted by Gasteiger charge is -2.18. The Balaban J connectivity index is 1.54. The van der Waals surface area contributed by atoms with Gasteiger partial charge in [0.05, 0.1) is 10.2 Å². The van der Waals surface area contributed by atoms with Crippen LogP contribution >= 0.6 is 43.2 Å². The third kappa shape index (κ3) is 4.72. The molecule has 4 aromatic rings. The molecule has 3 N–H and O–H groups in total. The minimum atomic E-state index is -0.283. The fourth-order valence-electron chi connectivity index (χ4n) is 3.36. The zero-order valence-electron chi connectivity index (χ0n) is 16.6. The molecule has 0 saturated carbocycles. The van der Waals surface area contributed by atoms with Gasteiger partial charge in [-0.25, -0.2) is 4.98 Å². The van der Waals surface area contributed by atoms with Crippen molar-refractivity contribution in [1.82, 2.24) is 10.3 Å². The first-order chi connectivity index (χ1) is 15.5. The molecule has 162 valence electrons. The number of carbonyl (C=O) groups excluding carboxylic acids is 1. The molecule has 0 saturated heterocycles. The fourth-order valence-corrected chi connectivity index (χ4v) is 5.22. The van der Waals surface area contributed by atoms with Crippen molar-refractivity contribution in [3.63, 3.8) is 0 Å². The summed E-state index contributed by atoms with van der Waals surface area (Å²) in [4.78, 5) is 17.2. The standard InChI is InChI=1S/C24H18Br2N2O3S/c25-18-11-16(21(29)20(26)22(18)30)19-13-32-24(28-19)23(31)27-12-17(14-7-3-1-4-8-14)15-9-5-2-6-10-15/h1-11,13,17,29-30H,12H2,(H,27,31). The number of hydrogen-bond acceptors (Lipinski definition) is 5. The maximum atomic E-state index is 12.8. The highest BCUT2D eigenvalue weighted by atomic mass is 79.9. The third-order valence-corrected chi connectivity index (χ3v) is 7.21. The summed E-state index contributed by atoms with van der Waals surface area (Å²) in [5, 5.41) is 25.3. The number of hydrogen-bond donors (Lipinski definition) is 3. The van der Waals surface area contributed by atoms with Crippen molar-refractivity contribution in [3.8, 4) is 22.8 Å². The number of phenols is 2. The average Bonchev–Trinajstić information content (AvgIpc) is 3.32. The normalized spacial score (nSPS) is 11.0. The Kier molecular flexibility index (Phi) is 6.93. The van der Waals surface area contributed by atoms with E-state index in [1.165, 1.54) is 11.3 Å². The van der Waals surface area contributed by atoms with Gasteiger partial charge in [0.15, 0.2) is 5.01 Å². The van der Waals surface area contributed by atoms with E-state index >= 15 is 0 Å². The summed E-state index contributed by atoms with van der Waals surface area (Å²) >= 11 is 7.61. The molecule has 0 atom stereocenters. The molecular weight excluding hydrogens is 556 g/mol. The highest BCUT2D eigenvalue weighted by Gasteiger charge is 2.20. The summed E-state index contributed by atoms with van der Waals surface area (Å²) in [7, 11) is 0. The molecule has 0 aliphatic heterocycles. The summed E-state index contributed by atoms with van der Waals surface area (Å²) in [6.45, 7) is 0.420. The van der Waals surface area contributed by atoms with Gasteiger partial charge in [-0.2, -0.15) is 0 Å². The minimum absolute atomic E-state index is 0.00818. The number of thiazole rings is 1. The molecule has 1 heterocycles. The number of rotatable bonds is 6. The number of amides is 1. The lowest BCUT2D eigenvalue weighted by atomic mass is 9.91. The number of nitrogens with one attached hydrogen (secondary N) is 1. The molecule has 0 bridgehead atoms. The summed E-state index contributed by atoms with van der Waals surface area (Å²) in [6.07, 6.45) is 0. The van der Waals surface area contributed by atoms with Crippen molar-refractivity contribution in [2.24, 2.45) is 0 Å². The van der Waals surface area contributed by atoms with Gasteiger partial charge in [-0.15, -0.1) is 11.3 Å². The zero-order valence-corrected chi connectivity index (χ0v) is 20.6. The van der Waals surface area contributed by atoms with Crippen LogP contribution in [0.1, 0.15) is 26.8 Å². The molecule has 0 unspecified atom stereocenters. The Labute approximate surface area is 206 Å². The van der Waals surface area contributed by atoms with Crippen LogP contribution in [0.25, 0.3) is 11.3 Å². The minimum Gasteiger partial charge on any atom is -0.506 e. The van der Waals surface area contributed by atoms with Crippen molar-refractivity contribution in [2.45, 2.75) is 5.92 Å². The highest BCUT2D eigenvalue weighted by Crippen LogP contribution is 2.45. The van der Waals surface area contributed by atoms with Gasteiger partial charge in [0.1, 0.15) is 16.0 Å². The number of phenolic OH excluding ortho intramolecular Hbond substituents is 2. The fraction of sp³-hybridized carbons (Fsp3) is 0.0833. The number of aromatic hydroxyl groups is 2. The summed E-state index contributed by atoms with van der Waals surface area (Å²) in [6, 6.07) is 21.6. The molecule has 0 fully saturated rings. The van der Waals surface area contributed by atoms with Crippen LogP contribution in [0.5, 0.6) is 11.5 Å². The van der Waals surface area contributed by atoms with E-state index in [0.717, 1.165) is 11.1 Å². The van der Waals surface area contributed by atoms with E-state index in [9.17, 15) is 15.0 Å².